The second-order valence-corrected chi connectivity index (χ2v) is 3.24. The van der Waals surface area contributed by atoms with Crippen molar-refractivity contribution in [3.8, 4) is 0 Å². The van der Waals surface area contributed by atoms with Gasteiger partial charge in [0.05, 0.1) is 0 Å². The average molecular weight is 251 g/mol. The minimum absolute atomic E-state index is 5.86. The predicted octanol–water partition coefficient (Wildman–Crippen LogP) is -0.916. The van der Waals surface area contributed by atoms with Crippen molar-refractivity contribution in [2.24, 2.45) is 0 Å². The van der Waals surface area contributed by atoms with Gasteiger partial charge in [-0.05, 0) is 0 Å². The van der Waals surface area contributed by atoms with E-state index in [-0.39, 0.29) is 0 Å². The third kappa shape index (κ3) is 33000. The van der Waals surface area contributed by atoms with E-state index in [0.29, 0.717) is 0 Å². The van der Waals surface area contributed by atoms with Gasteiger partial charge in [-0.25, -0.2) is 0 Å². The average Bonchev–Trinajstić information content (AvgIpc) is 0.722. The molecule has 0 aromatic carbocycles. The van der Waals surface area contributed by atoms with Gasteiger partial charge in [0.15, 0.2) is 0 Å². The van der Waals surface area contributed by atoms with Gasteiger partial charge in [0.1, 0.15) is 0 Å². The first-order valence-electron chi connectivity index (χ1n) is 0.632. The summed E-state index contributed by atoms with van der Waals surface area (Å²) >= 11 is -5.86. The second-order valence-electron chi connectivity index (χ2n) is 0.396. The molecule has 32 valence electrons. The van der Waals surface area contributed by atoms with Crippen LogP contribution in [0.5, 0.6) is 0 Å². The summed E-state index contributed by atoms with van der Waals surface area (Å²) in [5, 5.41) is 0. The minimum atomic E-state index is -5.86. The zero-order chi connectivity index (χ0) is 4.50. The Bertz CT molecular complexity index is 125. The molecule has 0 rings (SSSR count). The Morgan fingerprint density at radius 2 is 1.20 bits per heavy atom. The van der Waals surface area contributed by atoms with Crippen molar-refractivity contribution < 1.29 is 30.0 Å². The summed E-state index contributed by atoms with van der Waals surface area (Å²) < 4.78 is 33.3. The van der Waals surface area contributed by atoms with Crippen LogP contribution in [0.4, 0.5) is 0 Å². The van der Waals surface area contributed by atoms with E-state index in [1.165, 1.54) is 0 Å². The molecule has 0 saturated carbocycles. The maximum atomic E-state index is 8.75. The van der Waals surface area contributed by atoms with Gasteiger partial charge in [-0.1, -0.05) is 0 Å². The SMILES string of the molecule is [O]=[Re](=[O])(=[O])[OH]. The molecule has 0 aliphatic rings. The molecular formula is HO4Re. The van der Waals surface area contributed by atoms with Gasteiger partial charge in [0.25, 0.3) is 0 Å². The van der Waals surface area contributed by atoms with Crippen molar-refractivity contribution in [1.82, 2.24) is 0 Å². The molecule has 5 heavy (non-hydrogen) atoms. The third-order valence-corrected chi connectivity index (χ3v) is 0. The van der Waals surface area contributed by atoms with E-state index >= 15 is 0 Å². The van der Waals surface area contributed by atoms with Crippen LogP contribution in [0.15, 0.2) is 0 Å². The van der Waals surface area contributed by atoms with Crippen molar-refractivity contribution in [2.45, 2.75) is 0 Å². The standard InChI is InChI=1S/H2O.3O.Re/h1H2;;;;/q;;;;+1/p-1. The van der Waals surface area contributed by atoms with Crippen LogP contribution in [0.1, 0.15) is 0 Å². The van der Waals surface area contributed by atoms with Crippen LogP contribution in [0, 0.1) is 0 Å². The molecule has 0 saturated heterocycles. The molecule has 0 heterocycles. The Hall–Kier alpha value is 0.0223. The molecule has 0 aliphatic carbocycles. The van der Waals surface area contributed by atoms with Crippen LogP contribution in [0.2, 0.25) is 0 Å². The first-order valence-corrected chi connectivity index (χ1v) is 5.17. The molecule has 5 heteroatoms. The Labute approximate surface area is 30.8 Å². The third-order valence-electron chi connectivity index (χ3n) is 0. The van der Waals surface area contributed by atoms with Crippen LogP contribution in [0.25, 0.3) is 0 Å². The Balaban J connectivity index is 4.87. The van der Waals surface area contributed by atoms with Crippen LogP contribution in [0.3, 0.4) is 0 Å². The molecule has 0 aliphatic heterocycles. The molecule has 4 nitrogen and oxygen atoms in total. The van der Waals surface area contributed by atoms with E-state index in [1.807, 2.05) is 0 Å². The van der Waals surface area contributed by atoms with Crippen molar-refractivity contribution >= 4 is 0 Å². The molecular weight excluding hydrogens is 250 g/mol. The zero-order valence-electron chi connectivity index (χ0n) is 2.05. The maximum absolute atomic E-state index is 8.75. The van der Waals surface area contributed by atoms with Crippen LogP contribution >= 0.6 is 0 Å². The Morgan fingerprint density at radius 3 is 1.20 bits per heavy atom. The number of hydrogen-bond acceptors (Lipinski definition) is 3. The van der Waals surface area contributed by atoms with Crippen LogP contribution in [-0.2, 0) is 26.2 Å². The number of rotatable bonds is 0. The molecule has 0 fully saturated rings. The summed E-state index contributed by atoms with van der Waals surface area (Å²) in [6.45, 7) is 0. The van der Waals surface area contributed by atoms with Crippen LogP contribution in [-0.4, -0.2) is 3.83 Å². The predicted molar refractivity (Wildman–Crippen MR) is 4.28 cm³/mol. The summed E-state index contributed by atoms with van der Waals surface area (Å²) in [6, 6.07) is 0. The zero-order valence-corrected chi connectivity index (χ0v) is 4.77. The van der Waals surface area contributed by atoms with Gasteiger partial charge in [-0.15, -0.1) is 0 Å². The van der Waals surface area contributed by atoms with Gasteiger partial charge in [-0.2, -0.15) is 0 Å². The molecule has 0 bridgehead atoms. The van der Waals surface area contributed by atoms with E-state index in [2.05, 4.69) is 0 Å². The van der Waals surface area contributed by atoms with E-state index < -0.39 is 15.8 Å². The fraction of sp³-hybridized carbons (Fsp3) is 0. The van der Waals surface area contributed by atoms with Gasteiger partial charge < -0.3 is 0 Å². The van der Waals surface area contributed by atoms with Gasteiger partial charge in [0, 0.05) is 0 Å². The molecule has 0 aromatic heterocycles. The van der Waals surface area contributed by atoms with E-state index in [4.69, 9.17) is 14.2 Å². The molecule has 0 radical (unpaired) electrons. The monoisotopic (exact) mass is 252 g/mol. The fourth-order valence-corrected chi connectivity index (χ4v) is 0. The topological polar surface area (TPSA) is 71.4 Å². The summed E-state index contributed by atoms with van der Waals surface area (Å²) in [4.78, 5) is 0. The normalized spacial score (nSPS) is 11.4. The summed E-state index contributed by atoms with van der Waals surface area (Å²) in [7, 11) is 0. The molecule has 1 N–H and O–H groups in total. The molecule has 0 spiro atoms. The van der Waals surface area contributed by atoms with Crippen molar-refractivity contribution in [3.05, 3.63) is 0 Å². The van der Waals surface area contributed by atoms with E-state index in [9.17, 15) is 0 Å². The van der Waals surface area contributed by atoms with Crippen molar-refractivity contribution in [2.75, 3.05) is 0 Å². The van der Waals surface area contributed by atoms with Crippen molar-refractivity contribution in [3.63, 3.8) is 0 Å². The van der Waals surface area contributed by atoms with Gasteiger partial charge >= 0.3 is 30.0 Å². The number of hydrogen-bond donors (Lipinski definition) is 1. The van der Waals surface area contributed by atoms with E-state index in [0.717, 1.165) is 0 Å². The summed E-state index contributed by atoms with van der Waals surface area (Å²) in [6.07, 6.45) is 0. The van der Waals surface area contributed by atoms with Crippen molar-refractivity contribution in [1.29, 1.82) is 0 Å². The molecule has 0 amide bonds. The second kappa shape index (κ2) is 1.01. The quantitative estimate of drug-likeness (QED) is 0.604. The summed E-state index contributed by atoms with van der Waals surface area (Å²) in [5.41, 5.74) is 0. The fourth-order valence-electron chi connectivity index (χ4n) is 0. The van der Waals surface area contributed by atoms with Gasteiger partial charge in [0.2, 0.25) is 0 Å². The van der Waals surface area contributed by atoms with Gasteiger partial charge in [-0.3, -0.25) is 0 Å². The van der Waals surface area contributed by atoms with E-state index in [1.54, 1.807) is 0 Å². The summed E-state index contributed by atoms with van der Waals surface area (Å²) in [5.74, 6) is 0. The molecule has 0 aromatic rings. The Kier molecular flexibility index (Phi) is 1.02. The van der Waals surface area contributed by atoms with Crippen LogP contribution < -0.4 is 0 Å². The Morgan fingerprint density at radius 1 is 1.20 bits per heavy atom. The molecule has 0 unspecified atom stereocenters. The first-order chi connectivity index (χ1) is 2.00. The first kappa shape index (κ1) is 5.02. The molecule has 0 atom stereocenters.